The molecule has 1 aliphatic heterocycles. The van der Waals surface area contributed by atoms with Crippen molar-refractivity contribution in [1.82, 2.24) is 10.6 Å². The fraction of sp³-hybridized carbons (Fsp3) is 0.524. The second-order valence-corrected chi connectivity index (χ2v) is 8.54. The molecular weight excluding hydrogens is 390 g/mol. The third-order valence-corrected chi connectivity index (χ3v) is 5.57. The predicted octanol–water partition coefficient (Wildman–Crippen LogP) is 2.54. The molecule has 0 unspecified atom stereocenters. The second kappa shape index (κ2) is 11.6. The van der Waals surface area contributed by atoms with Crippen LogP contribution in [0.3, 0.4) is 0 Å². The van der Waals surface area contributed by atoms with E-state index in [2.05, 4.69) is 16.0 Å². The van der Waals surface area contributed by atoms with Crippen LogP contribution in [0, 0.1) is 6.92 Å². The van der Waals surface area contributed by atoms with E-state index < -0.39 is 12.1 Å². The maximum Gasteiger partial charge on any atom is 0.246 e. The van der Waals surface area contributed by atoms with Crippen molar-refractivity contribution in [2.45, 2.75) is 64.5 Å². The van der Waals surface area contributed by atoms with Gasteiger partial charge in [-0.1, -0.05) is 36.7 Å². The number of unbranched alkanes of at least 4 members (excludes halogenated alkanes) is 2. The van der Waals surface area contributed by atoms with Crippen LogP contribution in [-0.4, -0.2) is 40.7 Å². The lowest BCUT2D eigenvalue weighted by Crippen LogP contribution is -2.50. The van der Waals surface area contributed by atoms with Gasteiger partial charge in [-0.3, -0.25) is 19.2 Å². The number of benzene rings is 1. The van der Waals surface area contributed by atoms with Crippen molar-refractivity contribution in [1.29, 1.82) is 0 Å². The molecule has 2 rings (SSSR count). The lowest BCUT2D eigenvalue weighted by molar-refractivity contribution is -0.128. The number of rotatable bonds is 10. The zero-order valence-electron chi connectivity index (χ0n) is 17.0. The van der Waals surface area contributed by atoms with Crippen molar-refractivity contribution >= 4 is 40.3 Å². The number of nitrogens with one attached hydrogen (secondary N) is 3. The van der Waals surface area contributed by atoms with Crippen LogP contribution in [0.25, 0.3) is 0 Å². The molecule has 7 nitrogen and oxygen atoms in total. The molecule has 2 atom stereocenters. The maximum atomic E-state index is 12.8. The Morgan fingerprint density at radius 3 is 2.69 bits per heavy atom. The minimum Gasteiger partial charge on any atom is -0.344 e. The fourth-order valence-corrected chi connectivity index (χ4v) is 3.78. The first-order chi connectivity index (χ1) is 13.8. The molecule has 0 saturated carbocycles. The lowest BCUT2D eigenvalue weighted by Gasteiger charge is -2.20. The van der Waals surface area contributed by atoms with E-state index in [4.69, 9.17) is 0 Å². The van der Waals surface area contributed by atoms with E-state index in [0.717, 1.165) is 30.6 Å². The van der Waals surface area contributed by atoms with Crippen molar-refractivity contribution in [3.63, 3.8) is 0 Å². The third-order valence-electron chi connectivity index (χ3n) is 4.67. The molecule has 1 heterocycles. The van der Waals surface area contributed by atoms with Gasteiger partial charge >= 0.3 is 0 Å². The first-order valence-corrected chi connectivity index (χ1v) is 10.9. The van der Waals surface area contributed by atoms with Crippen LogP contribution in [-0.2, 0) is 19.2 Å². The summed E-state index contributed by atoms with van der Waals surface area (Å²) in [4.78, 5) is 47.6. The summed E-state index contributed by atoms with van der Waals surface area (Å²) in [6, 6.07) is 6.22. The van der Waals surface area contributed by atoms with Gasteiger partial charge in [-0.2, -0.15) is 0 Å². The number of carbonyl (C=O) groups excluding carboxylic acids is 4. The van der Waals surface area contributed by atoms with Crippen molar-refractivity contribution in [3.8, 4) is 0 Å². The van der Waals surface area contributed by atoms with Crippen LogP contribution < -0.4 is 16.0 Å². The Bertz CT molecular complexity index is 753. The quantitative estimate of drug-likeness (QED) is 0.506. The molecule has 1 saturated heterocycles. The van der Waals surface area contributed by atoms with Crippen molar-refractivity contribution in [2.24, 2.45) is 0 Å². The molecule has 0 spiro atoms. The molecule has 1 aromatic carbocycles. The van der Waals surface area contributed by atoms with E-state index in [1.165, 1.54) is 11.8 Å². The van der Waals surface area contributed by atoms with E-state index >= 15 is 0 Å². The Morgan fingerprint density at radius 2 is 2.03 bits per heavy atom. The average molecular weight is 420 g/mol. The van der Waals surface area contributed by atoms with Gasteiger partial charge in [0.15, 0.2) is 5.12 Å². The van der Waals surface area contributed by atoms with Gasteiger partial charge in [0.25, 0.3) is 0 Å². The Morgan fingerprint density at radius 1 is 1.24 bits per heavy atom. The van der Waals surface area contributed by atoms with Crippen molar-refractivity contribution < 1.29 is 19.2 Å². The van der Waals surface area contributed by atoms with Crippen LogP contribution in [0.4, 0.5) is 5.69 Å². The van der Waals surface area contributed by atoms with Crippen LogP contribution in [0.1, 0.15) is 51.0 Å². The molecule has 1 aromatic rings. The SMILES string of the molecule is CC(=O)SCCCCC[C@H](NC(=O)[C@@H]1CCC(=O)N1)C(=O)Nc1cccc(C)c1. The third kappa shape index (κ3) is 8.27. The molecule has 1 fully saturated rings. The molecule has 8 heteroatoms. The normalized spacial score (nSPS) is 16.8. The summed E-state index contributed by atoms with van der Waals surface area (Å²) in [6.07, 6.45) is 3.76. The summed E-state index contributed by atoms with van der Waals surface area (Å²) in [7, 11) is 0. The highest BCUT2D eigenvalue weighted by Crippen LogP contribution is 2.14. The standard InChI is InChI=1S/C21H29N3O4S/c1-14-7-6-8-16(13-14)22-20(27)17(9-4-3-5-12-29-15(2)25)24-21(28)18-10-11-19(26)23-18/h6-8,13,17-18H,3-5,9-12H2,1-2H3,(H,22,27)(H,23,26)(H,24,28)/t17-,18-/m0/s1. The summed E-state index contributed by atoms with van der Waals surface area (Å²) >= 11 is 1.30. The van der Waals surface area contributed by atoms with Crippen LogP contribution >= 0.6 is 11.8 Å². The molecule has 0 radical (unpaired) electrons. The van der Waals surface area contributed by atoms with Crippen molar-refractivity contribution in [3.05, 3.63) is 29.8 Å². The van der Waals surface area contributed by atoms with Gasteiger partial charge in [0.05, 0.1) is 0 Å². The summed E-state index contributed by atoms with van der Waals surface area (Å²) in [5.41, 5.74) is 1.71. The van der Waals surface area contributed by atoms with Gasteiger partial charge in [0.1, 0.15) is 12.1 Å². The number of carbonyl (C=O) groups is 4. The van der Waals surface area contributed by atoms with Gasteiger partial charge in [-0.25, -0.2) is 0 Å². The Balaban J connectivity index is 1.92. The molecule has 0 bridgehead atoms. The molecule has 3 N–H and O–H groups in total. The summed E-state index contributed by atoms with van der Waals surface area (Å²) in [6.45, 7) is 3.49. The monoisotopic (exact) mass is 419 g/mol. The van der Waals surface area contributed by atoms with E-state index in [0.29, 0.717) is 24.9 Å². The summed E-state index contributed by atoms with van der Waals surface area (Å²) in [5.74, 6) is 0.0170. The maximum absolute atomic E-state index is 12.8. The van der Waals surface area contributed by atoms with E-state index in [-0.39, 0.29) is 22.8 Å². The molecule has 0 aliphatic carbocycles. The summed E-state index contributed by atoms with van der Waals surface area (Å²) < 4.78 is 0. The number of thioether (sulfide) groups is 1. The molecule has 158 valence electrons. The minimum absolute atomic E-state index is 0.103. The molecule has 3 amide bonds. The molecule has 29 heavy (non-hydrogen) atoms. The highest BCUT2D eigenvalue weighted by molar-refractivity contribution is 8.13. The second-order valence-electron chi connectivity index (χ2n) is 7.27. The lowest BCUT2D eigenvalue weighted by atomic mass is 10.1. The average Bonchev–Trinajstić information content (AvgIpc) is 3.09. The highest BCUT2D eigenvalue weighted by atomic mass is 32.2. The first kappa shape index (κ1) is 22.9. The topological polar surface area (TPSA) is 104 Å². The van der Waals surface area contributed by atoms with Gasteiger partial charge in [-0.15, -0.1) is 0 Å². The smallest absolute Gasteiger partial charge is 0.246 e. The van der Waals surface area contributed by atoms with Crippen molar-refractivity contribution in [2.75, 3.05) is 11.1 Å². The number of anilines is 1. The van der Waals surface area contributed by atoms with E-state index in [9.17, 15) is 19.2 Å². The molecule has 0 aromatic heterocycles. The Labute approximate surface area is 175 Å². The zero-order valence-corrected chi connectivity index (χ0v) is 17.8. The fourth-order valence-electron chi connectivity index (χ4n) is 3.15. The summed E-state index contributed by atoms with van der Waals surface area (Å²) in [5, 5.41) is 8.40. The zero-order chi connectivity index (χ0) is 21.2. The van der Waals surface area contributed by atoms with Gasteiger partial charge in [0.2, 0.25) is 17.7 Å². The van der Waals surface area contributed by atoms with Crippen LogP contribution in [0.15, 0.2) is 24.3 Å². The van der Waals surface area contributed by atoms with E-state index in [1.807, 2.05) is 25.1 Å². The molecule has 1 aliphatic rings. The van der Waals surface area contributed by atoms with Gasteiger partial charge in [0, 0.05) is 24.8 Å². The molecular formula is C21H29N3O4S. The Hall–Kier alpha value is -2.35. The van der Waals surface area contributed by atoms with Crippen LogP contribution in [0.2, 0.25) is 0 Å². The van der Waals surface area contributed by atoms with E-state index in [1.54, 1.807) is 13.0 Å². The van der Waals surface area contributed by atoms with Gasteiger partial charge < -0.3 is 16.0 Å². The van der Waals surface area contributed by atoms with Crippen LogP contribution in [0.5, 0.6) is 0 Å². The number of hydrogen-bond acceptors (Lipinski definition) is 5. The first-order valence-electron chi connectivity index (χ1n) is 9.96. The Kier molecular flexibility index (Phi) is 9.18. The minimum atomic E-state index is -0.680. The van der Waals surface area contributed by atoms with Gasteiger partial charge in [-0.05, 0) is 43.9 Å². The number of aryl methyl sites for hydroxylation is 1. The predicted molar refractivity (Wildman–Crippen MR) is 115 cm³/mol. The number of amides is 3. The number of hydrogen-bond donors (Lipinski definition) is 3. The largest absolute Gasteiger partial charge is 0.344 e. The highest BCUT2D eigenvalue weighted by Gasteiger charge is 2.30.